The molecule has 0 aliphatic carbocycles. The second-order valence-electron chi connectivity index (χ2n) is 3.79. The molecular weight excluding hydrogens is 268 g/mol. The quantitative estimate of drug-likeness (QED) is 0.645. The number of hydrogen-bond donors (Lipinski definition) is 1. The van der Waals surface area contributed by atoms with Crippen LogP contribution in [-0.4, -0.2) is 31.7 Å². The van der Waals surface area contributed by atoms with E-state index in [0.717, 1.165) is 36.5 Å². The topological polar surface area (TPSA) is 38.5 Å². The van der Waals surface area contributed by atoms with E-state index in [9.17, 15) is 0 Å². The van der Waals surface area contributed by atoms with Gasteiger partial charge in [0.05, 0.1) is 6.61 Å². The Labute approximate surface area is 106 Å². The summed E-state index contributed by atoms with van der Waals surface area (Å²) in [7, 11) is 2.09. The van der Waals surface area contributed by atoms with Crippen LogP contribution in [0.5, 0.6) is 0 Å². The van der Waals surface area contributed by atoms with E-state index in [2.05, 4.69) is 40.0 Å². The molecule has 90 valence electrons. The van der Waals surface area contributed by atoms with Crippen molar-refractivity contribution in [1.29, 1.82) is 0 Å². The number of ether oxygens (including phenoxy) is 1. The molecule has 0 atom stereocenters. The van der Waals surface area contributed by atoms with E-state index in [0.29, 0.717) is 0 Å². The van der Waals surface area contributed by atoms with Gasteiger partial charge in [-0.05, 0) is 47.6 Å². The summed E-state index contributed by atoms with van der Waals surface area (Å²) in [6, 6.07) is 6.04. The Morgan fingerprint density at radius 1 is 1.44 bits per heavy atom. The van der Waals surface area contributed by atoms with Crippen molar-refractivity contribution in [3.63, 3.8) is 0 Å². The number of likely N-dealkylation sites (N-methyl/N-ethyl adjacent to an activating group) is 1. The number of benzene rings is 1. The van der Waals surface area contributed by atoms with Crippen LogP contribution in [0.2, 0.25) is 0 Å². The standard InChI is InChI=1S/C12H19BrN2O/c1-3-16-7-6-15(2)9-10-4-5-12(14)11(13)8-10/h4-5,8H,3,6-7,9,14H2,1-2H3. The van der Waals surface area contributed by atoms with Crippen LogP contribution in [0.1, 0.15) is 12.5 Å². The maximum absolute atomic E-state index is 5.74. The van der Waals surface area contributed by atoms with Gasteiger partial charge < -0.3 is 10.5 Å². The number of nitrogen functional groups attached to an aromatic ring is 1. The Hall–Kier alpha value is -0.580. The van der Waals surface area contributed by atoms with Crippen LogP contribution in [0, 0.1) is 0 Å². The molecular formula is C12H19BrN2O. The molecule has 16 heavy (non-hydrogen) atoms. The van der Waals surface area contributed by atoms with Gasteiger partial charge in [-0.3, -0.25) is 4.90 Å². The highest BCUT2D eigenvalue weighted by molar-refractivity contribution is 9.10. The Morgan fingerprint density at radius 3 is 2.81 bits per heavy atom. The summed E-state index contributed by atoms with van der Waals surface area (Å²) in [4.78, 5) is 2.23. The van der Waals surface area contributed by atoms with Crippen LogP contribution in [0.25, 0.3) is 0 Å². The molecule has 0 amide bonds. The first-order valence-corrected chi connectivity index (χ1v) is 6.23. The van der Waals surface area contributed by atoms with Crippen LogP contribution in [-0.2, 0) is 11.3 Å². The number of nitrogens with two attached hydrogens (primary N) is 1. The molecule has 0 saturated carbocycles. The second-order valence-corrected chi connectivity index (χ2v) is 4.64. The van der Waals surface area contributed by atoms with Gasteiger partial charge in [-0.15, -0.1) is 0 Å². The second kappa shape index (κ2) is 6.89. The molecule has 0 spiro atoms. The molecule has 0 saturated heterocycles. The van der Waals surface area contributed by atoms with Gasteiger partial charge in [0.25, 0.3) is 0 Å². The lowest BCUT2D eigenvalue weighted by atomic mass is 10.2. The van der Waals surface area contributed by atoms with E-state index in [-0.39, 0.29) is 0 Å². The maximum Gasteiger partial charge on any atom is 0.0593 e. The minimum absolute atomic E-state index is 0.778. The summed E-state index contributed by atoms with van der Waals surface area (Å²) in [5.41, 5.74) is 7.77. The molecule has 0 radical (unpaired) electrons. The first-order chi connectivity index (χ1) is 7.63. The molecule has 0 heterocycles. The molecule has 0 aliphatic rings. The average Bonchev–Trinajstić information content (AvgIpc) is 2.24. The summed E-state index contributed by atoms with van der Waals surface area (Å²) in [6.07, 6.45) is 0. The fourth-order valence-electron chi connectivity index (χ4n) is 1.42. The van der Waals surface area contributed by atoms with Gasteiger partial charge in [0.15, 0.2) is 0 Å². The number of halogens is 1. The van der Waals surface area contributed by atoms with Gasteiger partial charge in [0.2, 0.25) is 0 Å². The van der Waals surface area contributed by atoms with Crippen molar-refractivity contribution >= 4 is 21.6 Å². The Kier molecular flexibility index (Phi) is 5.80. The molecule has 3 nitrogen and oxygen atoms in total. The SMILES string of the molecule is CCOCCN(C)Cc1ccc(N)c(Br)c1. The summed E-state index contributed by atoms with van der Waals surface area (Å²) in [5.74, 6) is 0. The fourth-order valence-corrected chi connectivity index (χ4v) is 1.85. The van der Waals surface area contributed by atoms with Crippen molar-refractivity contribution in [3.05, 3.63) is 28.2 Å². The molecule has 0 aromatic heterocycles. The number of hydrogen-bond acceptors (Lipinski definition) is 3. The van der Waals surface area contributed by atoms with Crippen LogP contribution >= 0.6 is 15.9 Å². The Morgan fingerprint density at radius 2 is 2.19 bits per heavy atom. The highest BCUT2D eigenvalue weighted by Gasteiger charge is 2.02. The highest BCUT2D eigenvalue weighted by Crippen LogP contribution is 2.20. The number of nitrogens with zero attached hydrogens (tertiary/aromatic N) is 1. The first-order valence-electron chi connectivity index (χ1n) is 5.43. The van der Waals surface area contributed by atoms with Crippen molar-refractivity contribution in [1.82, 2.24) is 4.90 Å². The zero-order valence-electron chi connectivity index (χ0n) is 9.87. The zero-order valence-corrected chi connectivity index (χ0v) is 11.5. The number of rotatable bonds is 6. The van der Waals surface area contributed by atoms with Crippen molar-refractivity contribution < 1.29 is 4.74 Å². The zero-order chi connectivity index (χ0) is 12.0. The number of anilines is 1. The van der Waals surface area contributed by atoms with Crippen LogP contribution in [0.4, 0.5) is 5.69 Å². The lowest BCUT2D eigenvalue weighted by Gasteiger charge is -2.16. The van der Waals surface area contributed by atoms with Gasteiger partial charge in [0, 0.05) is 29.9 Å². The molecule has 4 heteroatoms. The van der Waals surface area contributed by atoms with Crippen LogP contribution < -0.4 is 5.73 Å². The predicted molar refractivity (Wildman–Crippen MR) is 71.4 cm³/mol. The predicted octanol–water partition coefficient (Wildman–Crippen LogP) is 2.50. The van der Waals surface area contributed by atoms with Gasteiger partial charge in [-0.2, -0.15) is 0 Å². The minimum Gasteiger partial charge on any atom is -0.398 e. The summed E-state index contributed by atoms with van der Waals surface area (Å²) in [5, 5.41) is 0. The van der Waals surface area contributed by atoms with Crippen LogP contribution in [0.3, 0.4) is 0 Å². The van der Waals surface area contributed by atoms with Crippen molar-refractivity contribution in [2.75, 3.05) is 32.5 Å². The Balaban J connectivity index is 2.43. The van der Waals surface area contributed by atoms with E-state index in [4.69, 9.17) is 10.5 Å². The molecule has 1 rings (SSSR count). The van der Waals surface area contributed by atoms with E-state index in [1.807, 2.05) is 13.0 Å². The molecule has 0 bridgehead atoms. The molecule has 0 aliphatic heterocycles. The highest BCUT2D eigenvalue weighted by atomic mass is 79.9. The summed E-state index contributed by atoms with van der Waals surface area (Å²) < 4.78 is 6.28. The van der Waals surface area contributed by atoms with E-state index < -0.39 is 0 Å². The van der Waals surface area contributed by atoms with Crippen LogP contribution in [0.15, 0.2) is 22.7 Å². The largest absolute Gasteiger partial charge is 0.398 e. The minimum atomic E-state index is 0.778. The van der Waals surface area contributed by atoms with Crippen molar-refractivity contribution in [2.24, 2.45) is 0 Å². The third-order valence-corrected chi connectivity index (χ3v) is 3.03. The summed E-state index contributed by atoms with van der Waals surface area (Å²) in [6.45, 7) is 5.42. The van der Waals surface area contributed by atoms with Crippen molar-refractivity contribution in [3.8, 4) is 0 Å². The van der Waals surface area contributed by atoms with E-state index >= 15 is 0 Å². The van der Waals surface area contributed by atoms with Gasteiger partial charge in [0.1, 0.15) is 0 Å². The van der Waals surface area contributed by atoms with Gasteiger partial charge >= 0.3 is 0 Å². The first kappa shape index (κ1) is 13.5. The normalized spacial score (nSPS) is 11.0. The lowest BCUT2D eigenvalue weighted by molar-refractivity contribution is 0.120. The molecule has 1 aromatic carbocycles. The Bertz CT molecular complexity index is 331. The van der Waals surface area contributed by atoms with Gasteiger partial charge in [-0.25, -0.2) is 0 Å². The fraction of sp³-hybridized carbons (Fsp3) is 0.500. The maximum atomic E-state index is 5.74. The van der Waals surface area contributed by atoms with Crippen molar-refractivity contribution in [2.45, 2.75) is 13.5 Å². The van der Waals surface area contributed by atoms with Gasteiger partial charge in [-0.1, -0.05) is 6.07 Å². The monoisotopic (exact) mass is 286 g/mol. The van der Waals surface area contributed by atoms with E-state index in [1.54, 1.807) is 0 Å². The lowest BCUT2D eigenvalue weighted by Crippen LogP contribution is -2.22. The van der Waals surface area contributed by atoms with E-state index in [1.165, 1.54) is 5.56 Å². The molecule has 0 fully saturated rings. The molecule has 1 aromatic rings. The molecule has 0 unspecified atom stereocenters. The summed E-state index contributed by atoms with van der Waals surface area (Å²) >= 11 is 3.43. The average molecular weight is 287 g/mol. The molecule has 2 N–H and O–H groups in total. The third-order valence-electron chi connectivity index (χ3n) is 2.34. The smallest absolute Gasteiger partial charge is 0.0593 e. The third kappa shape index (κ3) is 4.51.